The Morgan fingerprint density at radius 1 is 0.867 bits per heavy atom. The van der Waals surface area contributed by atoms with Crippen molar-refractivity contribution in [2.75, 3.05) is 0 Å². The number of amides is 3. The molecule has 1 heterocycles. The monoisotopic (exact) mass is 412 g/mol. The number of nitrogens with one attached hydrogen (secondary N) is 3. The maximum atomic E-state index is 13.3. The molecule has 0 aliphatic rings. The SMILES string of the molecule is O=C(NCc1ccc(F)cc1)NNC(=O)c1cccn(Cc2cccc(F)c2)c1=O. The molecule has 0 spiro atoms. The van der Waals surface area contributed by atoms with Crippen molar-refractivity contribution in [3.63, 3.8) is 0 Å². The highest BCUT2D eigenvalue weighted by Crippen LogP contribution is 2.05. The van der Waals surface area contributed by atoms with Crippen molar-refractivity contribution in [3.05, 3.63) is 106 Å². The molecule has 3 amide bonds. The van der Waals surface area contributed by atoms with Crippen LogP contribution in [0.15, 0.2) is 71.7 Å². The van der Waals surface area contributed by atoms with Crippen molar-refractivity contribution in [2.24, 2.45) is 0 Å². The summed E-state index contributed by atoms with van der Waals surface area (Å²) in [5, 5.41) is 2.48. The Morgan fingerprint density at radius 2 is 1.63 bits per heavy atom. The number of hydrogen-bond donors (Lipinski definition) is 3. The van der Waals surface area contributed by atoms with Crippen LogP contribution in [-0.2, 0) is 13.1 Å². The molecule has 30 heavy (non-hydrogen) atoms. The highest BCUT2D eigenvalue weighted by Gasteiger charge is 2.13. The molecular formula is C21H18F2N4O3. The van der Waals surface area contributed by atoms with Gasteiger partial charge in [-0.3, -0.25) is 15.0 Å². The molecule has 3 N–H and O–H groups in total. The van der Waals surface area contributed by atoms with Crippen LogP contribution in [0.4, 0.5) is 13.6 Å². The summed E-state index contributed by atoms with van der Waals surface area (Å²) < 4.78 is 27.5. The number of pyridine rings is 1. The minimum atomic E-state index is -0.800. The molecule has 0 fully saturated rings. The van der Waals surface area contributed by atoms with Crippen molar-refractivity contribution in [2.45, 2.75) is 13.1 Å². The highest BCUT2D eigenvalue weighted by molar-refractivity contribution is 5.94. The van der Waals surface area contributed by atoms with E-state index in [4.69, 9.17) is 0 Å². The van der Waals surface area contributed by atoms with Crippen LogP contribution < -0.4 is 21.7 Å². The molecule has 1 aromatic heterocycles. The summed E-state index contributed by atoms with van der Waals surface area (Å²) in [6.07, 6.45) is 1.48. The fourth-order valence-corrected chi connectivity index (χ4v) is 2.68. The molecule has 7 nitrogen and oxygen atoms in total. The number of carbonyl (C=O) groups is 2. The molecule has 2 aromatic carbocycles. The van der Waals surface area contributed by atoms with Crippen molar-refractivity contribution >= 4 is 11.9 Å². The maximum Gasteiger partial charge on any atom is 0.333 e. The lowest BCUT2D eigenvalue weighted by atomic mass is 10.2. The first-order chi connectivity index (χ1) is 14.4. The highest BCUT2D eigenvalue weighted by atomic mass is 19.1. The van der Waals surface area contributed by atoms with Gasteiger partial charge < -0.3 is 9.88 Å². The molecule has 0 radical (unpaired) electrons. The normalized spacial score (nSPS) is 10.3. The Kier molecular flexibility index (Phi) is 6.53. The van der Waals surface area contributed by atoms with Gasteiger partial charge in [-0.05, 0) is 47.5 Å². The van der Waals surface area contributed by atoms with Gasteiger partial charge in [0, 0.05) is 12.7 Å². The van der Waals surface area contributed by atoms with Crippen LogP contribution in [0.5, 0.6) is 0 Å². The van der Waals surface area contributed by atoms with E-state index in [2.05, 4.69) is 16.2 Å². The number of nitrogens with zero attached hydrogens (tertiary/aromatic N) is 1. The standard InChI is InChI=1S/C21H18F2N4O3/c22-16-8-6-14(7-9-16)12-24-21(30)26-25-19(28)18-5-2-10-27(20(18)29)13-15-3-1-4-17(23)11-15/h1-11H,12-13H2,(H,25,28)(H2,24,26,30). The van der Waals surface area contributed by atoms with Crippen LogP contribution in [0, 0.1) is 11.6 Å². The van der Waals surface area contributed by atoms with Crippen LogP contribution in [-0.4, -0.2) is 16.5 Å². The molecule has 0 aliphatic heterocycles. The van der Waals surface area contributed by atoms with Gasteiger partial charge in [0.25, 0.3) is 11.5 Å². The van der Waals surface area contributed by atoms with E-state index >= 15 is 0 Å². The Hall–Kier alpha value is -4.01. The summed E-state index contributed by atoms with van der Waals surface area (Å²) in [6.45, 7) is 0.205. The average Bonchev–Trinajstić information content (AvgIpc) is 2.73. The molecule has 0 atom stereocenters. The van der Waals surface area contributed by atoms with Crippen LogP contribution in [0.3, 0.4) is 0 Å². The van der Waals surface area contributed by atoms with Gasteiger partial charge in [-0.25, -0.2) is 19.0 Å². The number of aromatic nitrogens is 1. The molecule has 3 aromatic rings. The lowest BCUT2D eigenvalue weighted by Gasteiger charge is -2.11. The van der Waals surface area contributed by atoms with E-state index in [1.807, 2.05) is 0 Å². The number of carbonyl (C=O) groups excluding carboxylic acids is 2. The minimum Gasteiger partial charge on any atom is -0.333 e. The Bertz CT molecular complexity index is 1110. The van der Waals surface area contributed by atoms with Crippen LogP contribution in [0.25, 0.3) is 0 Å². The molecule has 0 aliphatic carbocycles. The minimum absolute atomic E-state index is 0.0866. The third kappa shape index (κ3) is 5.51. The van der Waals surface area contributed by atoms with E-state index in [1.54, 1.807) is 6.07 Å². The van der Waals surface area contributed by atoms with Crippen LogP contribution >= 0.6 is 0 Å². The van der Waals surface area contributed by atoms with E-state index in [1.165, 1.54) is 65.4 Å². The van der Waals surface area contributed by atoms with Crippen molar-refractivity contribution in [1.29, 1.82) is 0 Å². The predicted octanol–water partition coefficient (Wildman–Crippen LogP) is 2.32. The summed E-state index contributed by atoms with van der Waals surface area (Å²) in [5.74, 6) is -1.61. The molecular weight excluding hydrogens is 394 g/mol. The number of rotatable bonds is 5. The zero-order chi connectivity index (χ0) is 21.5. The molecule has 0 saturated carbocycles. The summed E-state index contributed by atoms with van der Waals surface area (Å²) in [6, 6.07) is 13.5. The van der Waals surface area contributed by atoms with E-state index in [0.717, 1.165) is 0 Å². The second kappa shape index (κ2) is 9.46. The molecule has 3 rings (SSSR count). The first kappa shape index (κ1) is 20.7. The fourth-order valence-electron chi connectivity index (χ4n) is 2.68. The van der Waals surface area contributed by atoms with Gasteiger partial charge in [0.15, 0.2) is 0 Å². The van der Waals surface area contributed by atoms with E-state index in [0.29, 0.717) is 11.1 Å². The summed E-state index contributed by atoms with van der Waals surface area (Å²) in [5.41, 5.74) is 4.75. The third-order valence-electron chi connectivity index (χ3n) is 4.16. The zero-order valence-electron chi connectivity index (χ0n) is 15.7. The first-order valence-corrected chi connectivity index (χ1v) is 8.95. The second-order valence-electron chi connectivity index (χ2n) is 6.37. The van der Waals surface area contributed by atoms with Gasteiger partial charge in [0.2, 0.25) is 0 Å². The molecule has 0 bridgehead atoms. The number of hydrazine groups is 1. The first-order valence-electron chi connectivity index (χ1n) is 8.95. The van der Waals surface area contributed by atoms with Gasteiger partial charge in [0.05, 0.1) is 6.54 Å². The number of benzene rings is 2. The molecule has 154 valence electrons. The topological polar surface area (TPSA) is 92.2 Å². The van der Waals surface area contributed by atoms with Crippen molar-refractivity contribution in [3.8, 4) is 0 Å². The molecule has 9 heteroatoms. The van der Waals surface area contributed by atoms with Gasteiger partial charge >= 0.3 is 6.03 Å². The van der Waals surface area contributed by atoms with Crippen molar-refractivity contribution < 1.29 is 18.4 Å². The van der Waals surface area contributed by atoms with E-state index < -0.39 is 23.3 Å². The van der Waals surface area contributed by atoms with Crippen LogP contribution in [0.1, 0.15) is 21.5 Å². The summed E-state index contributed by atoms with van der Waals surface area (Å²) >= 11 is 0. The zero-order valence-corrected chi connectivity index (χ0v) is 15.7. The van der Waals surface area contributed by atoms with Crippen molar-refractivity contribution in [1.82, 2.24) is 20.7 Å². The molecule has 0 saturated heterocycles. The van der Waals surface area contributed by atoms with Gasteiger partial charge in [-0.2, -0.15) is 0 Å². The smallest absolute Gasteiger partial charge is 0.333 e. The average molecular weight is 412 g/mol. The second-order valence-corrected chi connectivity index (χ2v) is 6.37. The maximum absolute atomic E-state index is 13.3. The lowest BCUT2D eigenvalue weighted by Crippen LogP contribution is -2.48. The summed E-state index contributed by atoms with van der Waals surface area (Å²) in [7, 11) is 0. The Labute approximate surface area is 170 Å². The fraction of sp³-hybridized carbons (Fsp3) is 0.0952. The lowest BCUT2D eigenvalue weighted by molar-refractivity contribution is 0.0934. The predicted molar refractivity (Wildman–Crippen MR) is 105 cm³/mol. The number of urea groups is 1. The Balaban J connectivity index is 1.58. The van der Waals surface area contributed by atoms with E-state index in [9.17, 15) is 23.2 Å². The van der Waals surface area contributed by atoms with Gasteiger partial charge in [-0.1, -0.05) is 24.3 Å². The van der Waals surface area contributed by atoms with Gasteiger partial charge in [-0.15, -0.1) is 0 Å². The largest absolute Gasteiger partial charge is 0.333 e. The third-order valence-corrected chi connectivity index (χ3v) is 4.16. The number of halogens is 2. The quantitative estimate of drug-likeness (QED) is 0.562. The van der Waals surface area contributed by atoms with E-state index in [-0.39, 0.29) is 24.5 Å². The summed E-state index contributed by atoms with van der Waals surface area (Å²) in [4.78, 5) is 36.6. The Morgan fingerprint density at radius 3 is 2.37 bits per heavy atom. The van der Waals surface area contributed by atoms with Gasteiger partial charge in [0.1, 0.15) is 17.2 Å². The molecule has 0 unspecified atom stereocenters. The van der Waals surface area contributed by atoms with Crippen LogP contribution in [0.2, 0.25) is 0 Å². The number of hydrogen-bond acceptors (Lipinski definition) is 3.